The van der Waals surface area contributed by atoms with E-state index in [4.69, 9.17) is 9.47 Å². The van der Waals surface area contributed by atoms with Crippen molar-refractivity contribution < 1.29 is 52.9 Å². The van der Waals surface area contributed by atoms with Crippen molar-refractivity contribution in [3.05, 3.63) is 24.5 Å². The van der Waals surface area contributed by atoms with Gasteiger partial charge in [0.05, 0.1) is 25.4 Å². The zero-order valence-electron chi connectivity index (χ0n) is 26.3. The number of ether oxygens (including phenoxy) is 3. The highest BCUT2D eigenvalue weighted by atomic mass is 16.7. The minimum Gasteiger partial charge on any atom is -0.480 e. The highest BCUT2D eigenvalue weighted by molar-refractivity contribution is 5.97. The molecule has 1 aromatic heterocycles. The van der Waals surface area contributed by atoms with Crippen LogP contribution in [0, 0.1) is 5.41 Å². The summed E-state index contributed by atoms with van der Waals surface area (Å²) in [6.45, 7) is 4.72. The number of aromatic nitrogens is 1. The number of amides is 4. The second-order valence-corrected chi connectivity index (χ2v) is 11.7. The number of methoxy groups -OCH3 is 1. The van der Waals surface area contributed by atoms with Crippen LogP contribution in [0.15, 0.2) is 24.5 Å². The van der Waals surface area contributed by atoms with Crippen molar-refractivity contribution in [2.24, 2.45) is 5.41 Å². The molecule has 2 unspecified atom stereocenters. The molecule has 2 N–H and O–H groups in total. The summed E-state index contributed by atoms with van der Waals surface area (Å²) in [4.78, 5) is 98.4. The number of carbonyl (C=O) groups excluding carboxylic acids is 6. The fourth-order valence-electron chi connectivity index (χ4n) is 4.87. The summed E-state index contributed by atoms with van der Waals surface area (Å²) >= 11 is 0. The van der Waals surface area contributed by atoms with E-state index in [1.54, 1.807) is 33.2 Å². The molecule has 0 radical (unpaired) electrons. The highest BCUT2D eigenvalue weighted by Crippen LogP contribution is 2.20. The van der Waals surface area contributed by atoms with E-state index in [-0.39, 0.29) is 13.1 Å². The minimum atomic E-state index is -1.55. The topological polar surface area (TPSA) is 205 Å². The second kappa shape index (κ2) is 15.9. The third kappa shape index (κ3) is 9.77. The summed E-state index contributed by atoms with van der Waals surface area (Å²) in [5.41, 5.74) is 0.0750. The standard InChI is InChI=1S/C29H40N6O11/c1-29(2,3)27(42)45-18-46-28(43)31-20(15-22(36)33-11-9-32(10-12-33)19-5-7-30-8-6-19)25(40)35-14-13-34(17-23(37)38)26(41)21(35)16-24(39)44-4/h5-8,20-21H,9-18H2,1-4H3,(H,31,43)(H,37,38). The quantitative estimate of drug-likeness (QED) is 0.229. The lowest BCUT2D eigenvalue weighted by molar-refractivity contribution is -0.162. The SMILES string of the molecule is COC(=O)CC1C(=O)N(CC(=O)O)CCN1C(=O)C(CC(=O)N1CCN(c2ccncc2)CC1)NC(=O)OCOC(=O)C(C)(C)C. The third-order valence-corrected chi connectivity index (χ3v) is 7.40. The van der Waals surface area contributed by atoms with Gasteiger partial charge in [-0.15, -0.1) is 0 Å². The van der Waals surface area contributed by atoms with Gasteiger partial charge in [-0.1, -0.05) is 0 Å². The number of carbonyl (C=O) groups is 7. The first-order chi connectivity index (χ1) is 21.7. The molecule has 0 bridgehead atoms. The number of hydrogen-bond acceptors (Lipinski definition) is 12. The predicted molar refractivity (Wildman–Crippen MR) is 158 cm³/mol. The number of rotatable bonds is 11. The second-order valence-electron chi connectivity index (χ2n) is 11.7. The summed E-state index contributed by atoms with van der Waals surface area (Å²) in [5.74, 6) is -4.90. The zero-order chi connectivity index (χ0) is 34.0. The maximum absolute atomic E-state index is 13.9. The lowest BCUT2D eigenvalue weighted by atomic mass is 9.98. The van der Waals surface area contributed by atoms with Crippen LogP contribution in [-0.2, 0) is 43.0 Å². The Balaban J connectivity index is 1.77. The molecule has 2 aliphatic heterocycles. The Morgan fingerprint density at radius 3 is 2.24 bits per heavy atom. The average molecular weight is 649 g/mol. The molecule has 46 heavy (non-hydrogen) atoms. The van der Waals surface area contributed by atoms with Gasteiger partial charge in [0.15, 0.2) is 0 Å². The average Bonchev–Trinajstić information content (AvgIpc) is 3.02. The van der Waals surface area contributed by atoms with Gasteiger partial charge in [0, 0.05) is 57.3 Å². The molecule has 2 fully saturated rings. The van der Waals surface area contributed by atoms with Crippen molar-refractivity contribution in [2.75, 3.05) is 64.6 Å². The number of hydrogen-bond donors (Lipinski definition) is 2. The first kappa shape index (κ1) is 35.5. The normalized spacial score (nSPS) is 17.6. The Kier molecular flexibility index (Phi) is 12.2. The van der Waals surface area contributed by atoms with Crippen molar-refractivity contribution in [3.63, 3.8) is 0 Å². The number of nitrogens with one attached hydrogen (secondary N) is 1. The maximum Gasteiger partial charge on any atom is 0.410 e. The maximum atomic E-state index is 13.9. The van der Waals surface area contributed by atoms with Gasteiger partial charge in [0.2, 0.25) is 24.5 Å². The number of aliphatic carboxylic acids is 1. The fourth-order valence-corrected chi connectivity index (χ4v) is 4.87. The summed E-state index contributed by atoms with van der Waals surface area (Å²) in [6, 6.07) is 0.710. The number of esters is 2. The van der Waals surface area contributed by atoms with Crippen molar-refractivity contribution in [1.29, 1.82) is 0 Å². The van der Waals surface area contributed by atoms with Gasteiger partial charge in [-0.05, 0) is 32.9 Å². The van der Waals surface area contributed by atoms with Crippen LogP contribution in [0.2, 0.25) is 0 Å². The molecule has 252 valence electrons. The number of alkyl carbamates (subject to hydrolysis) is 1. The van der Waals surface area contributed by atoms with Crippen LogP contribution in [0.25, 0.3) is 0 Å². The van der Waals surface area contributed by atoms with E-state index >= 15 is 0 Å². The smallest absolute Gasteiger partial charge is 0.410 e. The molecular weight excluding hydrogens is 608 g/mol. The van der Waals surface area contributed by atoms with Gasteiger partial charge >= 0.3 is 24.0 Å². The van der Waals surface area contributed by atoms with Crippen LogP contribution in [0.1, 0.15) is 33.6 Å². The first-order valence-corrected chi connectivity index (χ1v) is 14.6. The molecule has 1 aromatic rings. The van der Waals surface area contributed by atoms with E-state index in [1.807, 2.05) is 12.1 Å². The molecule has 3 rings (SSSR count). The van der Waals surface area contributed by atoms with E-state index in [1.165, 1.54) is 4.90 Å². The monoisotopic (exact) mass is 648 g/mol. The third-order valence-electron chi connectivity index (χ3n) is 7.40. The van der Waals surface area contributed by atoms with E-state index < -0.39 is 85.4 Å². The molecule has 2 aliphatic rings. The summed E-state index contributed by atoms with van der Waals surface area (Å²) in [7, 11) is 1.09. The van der Waals surface area contributed by atoms with Crippen molar-refractivity contribution in [1.82, 2.24) is 25.0 Å². The molecule has 3 heterocycles. The van der Waals surface area contributed by atoms with E-state index in [2.05, 4.69) is 19.9 Å². The van der Waals surface area contributed by atoms with Crippen LogP contribution >= 0.6 is 0 Å². The lowest BCUT2D eigenvalue weighted by Crippen LogP contribution is -2.63. The zero-order valence-corrected chi connectivity index (χ0v) is 26.3. The predicted octanol–water partition coefficient (Wildman–Crippen LogP) is -0.551. The van der Waals surface area contributed by atoms with Gasteiger partial charge < -0.3 is 44.2 Å². The molecule has 2 atom stereocenters. The van der Waals surface area contributed by atoms with Crippen molar-refractivity contribution in [3.8, 4) is 0 Å². The molecule has 17 heteroatoms. The van der Waals surface area contributed by atoms with Crippen LogP contribution in [-0.4, -0.2) is 138 Å². The van der Waals surface area contributed by atoms with Crippen molar-refractivity contribution in [2.45, 2.75) is 45.7 Å². The summed E-state index contributed by atoms with van der Waals surface area (Å²) < 4.78 is 14.6. The molecule has 17 nitrogen and oxygen atoms in total. The number of piperazine rings is 2. The molecule has 0 aromatic carbocycles. The molecule has 2 saturated heterocycles. The van der Waals surface area contributed by atoms with E-state index in [0.29, 0.717) is 26.2 Å². The van der Waals surface area contributed by atoms with Gasteiger partial charge in [0.1, 0.15) is 18.6 Å². The van der Waals surface area contributed by atoms with Gasteiger partial charge in [-0.3, -0.25) is 33.8 Å². The Bertz CT molecular complexity index is 1290. The van der Waals surface area contributed by atoms with Gasteiger partial charge in [-0.2, -0.15) is 0 Å². The Hall–Kier alpha value is -4.96. The molecule has 0 aliphatic carbocycles. The van der Waals surface area contributed by atoms with Crippen LogP contribution < -0.4 is 10.2 Å². The van der Waals surface area contributed by atoms with Crippen LogP contribution in [0.3, 0.4) is 0 Å². The molecule has 4 amide bonds. The van der Waals surface area contributed by atoms with Crippen molar-refractivity contribution >= 4 is 47.4 Å². The molecule has 0 saturated carbocycles. The summed E-state index contributed by atoms with van der Waals surface area (Å²) in [6.07, 6.45) is 1.06. The largest absolute Gasteiger partial charge is 0.480 e. The number of anilines is 1. The van der Waals surface area contributed by atoms with E-state index in [9.17, 15) is 38.7 Å². The molecule has 0 spiro atoms. The number of carboxylic acids is 1. The Morgan fingerprint density at radius 1 is 1.00 bits per heavy atom. The minimum absolute atomic E-state index is 0.167. The Labute approximate surface area is 265 Å². The lowest BCUT2D eigenvalue weighted by Gasteiger charge is -2.41. The number of carboxylic acid groups (broad SMARTS) is 1. The van der Waals surface area contributed by atoms with Crippen LogP contribution in [0.4, 0.5) is 10.5 Å². The molecular formula is C29H40N6O11. The fraction of sp³-hybridized carbons (Fsp3) is 0.586. The van der Waals surface area contributed by atoms with Gasteiger partial charge in [0.25, 0.3) is 0 Å². The Morgan fingerprint density at radius 2 is 1.65 bits per heavy atom. The number of nitrogens with zero attached hydrogens (tertiary/aromatic N) is 5. The highest BCUT2D eigenvalue weighted by Gasteiger charge is 2.43. The van der Waals surface area contributed by atoms with E-state index in [0.717, 1.165) is 22.6 Å². The van der Waals surface area contributed by atoms with Gasteiger partial charge in [-0.25, -0.2) is 4.79 Å². The number of pyridine rings is 1. The van der Waals surface area contributed by atoms with Crippen LogP contribution in [0.5, 0.6) is 0 Å². The first-order valence-electron chi connectivity index (χ1n) is 14.6. The summed E-state index contributed by atoms with van der Waals surface area (Å²) in [5, 5.41) is 11.5.